The van der Waals surface area contributed by atoms with E-state index in [0.717, 1.165) is 5.56 Å². The molecule has 0 saturated carbocycles. The van der Waals surface area contributed by atoms with Crippen LogP contribution in [0.3, 0.4) is 0 Å². The summed E-state index contributed by atoms with van der Waals surface area (Å²) in [6.45, 7) is 6.77. The molecule has 0 aliphatic rings. The highest BCUT2D eigenvalue weighted by atomic mass is 16.6. The molecule has 0 radical (unpaired) electrons. The Hall–Kier alpha value is -2.15. The van der Waals surface area contributed by atoms with E-state index in [0.29, 0.717) is 5.56 Å². The van der Waals surface area contributed by atoms with Crippen molar-refractivity contribution in [3.05, 3.63) is 33.4 Å². The van der Waals surface area contributed by atoms with Crippen LogP contribution in [0.15, 0.2) is 12.1 Å². The molecule has 1 amide bonds. The second-order valence-corrected chi connectivity index (χ2v) is 5.33. The van der Waals surface area contributed by atoms with E-state index < -0.39 is 16.2 Å². The number of nitro benzene ring substituents is 1. The number of benzene rings is 1. The predicted molar refractivity (Wildman–Crippen MR) is 74.2 cm³/mol. The Morgan fingerprint density at radius 3 is 2.55 bits per heavy atom. The third-order valence-electron chi connectivity index (χ3n) is 2.92. The number of nitro groups is 1. The van der Waals surface area contributed by atoms with Gasteiger partial charge in [-0.05, 0) is 38.8 Å². The van der Waals surface area contributed by atoms with Gasteiger partial charge in [0.2, 0.25) is 5.91 Å². The van der Waals surface area contributed by atoms with Crippen LogP contribution < -0.4 is 16.0 Å². The van der Waals surface area contributed by atoms with Crippen molar-refractivity contribution in [1.29, 1.82) is 0 Å². The second-order valence-electron chi connectivity index (χ2n) is 5.33. The first-order valence-corrected chi connectivity index (χ1v) is 6.08. The van der Waals surface area contributed by atoms with Crippen LogP contribution in [0.1, 0.15) is 25.0 Å². The van der Waals surface area contributed by atoms with E-state index in [2.05, 4.69) is 0 Å². The molecule has 0 atom stereocenters. The first kappa shape index (κ1) is 15.9. The summed E-state index contributed by atoms with van der Waals surface area (Å²) in [6, 6.07) is 3.23. The standard InChI is InChI=1S/C13H19N3O4/c1-8-5-9(2)11(10(6-8)16(18)19)20-7-13(3,4)12(17)15-14/h5-6H,7,14H2,1-4H3,(H,15,17). The summed E-state index contributed by atoms with van der Waals surface area (Å²) in [4.78, 5) is 22.1. The molecular formula is C13H19N3O4. The summed E-state index contributed by atoms with van der Waals surface area (Å²) in [5, 5.41) is 11.1. The fourth-order valence-corrected chi connectivity index (χ4v) is 1.77. The van der Waals surface area contributed by atoms with Gasteiger partial charge in [-0.15, -0.1) is 0 Å². The minimum Gasteiger partial charge on any atom is -0.486 e. The van der Waals surface area contributed by atoms with Gasteiger partial charge in [0.25, 0.3) is 0 Å². The van der Waals surface area contributed by atoms with E-state index in [1.54, 1.807) is 33.8 Å². The van der Waals surface area contributed by atoms with Gasteiger partial charge in [-0.2, -0.15) is 0 Å². The van der Waals surface area contributed by atoms with Crippen LogP contribution >= 0.6 is 0 Å². The molecule has 1 aromatic carbocycles. The number of hydrogen-bond donors (Lipinski definition) is 2. The van der Waals surface area contributed by atoms with E-state index in [1.807, 2.05) is 5.43 Å². The molecule has 1 rings (SSSR count). The van der Waals surface area contributed by atoms with E-state index in [1.165, 1.54) is 6.07 Å². The molecule has 0 aromatic heterocycles. The van der Waals surface area contributed by atoms with Crippen LogP contribution in [0.25, 0.3) is 0 Å². The highest BCUT2D eigenvalue weighted by molar-refractivity contribution is 5.81. The number of hydrogen-bond acceptors (Lipinski definition) is 5. The lowest BCUT2D eigenvalue weighted by Crippen LogP contribution is -2.44. The zero-order chi connectivity index (χ0) is 15.5. The number of carbonyl (C=O) groups is 1. The number of carbonyl (C=O) groups excluding carboxylic acids is 1. The first-order chi connectivity index (χ1) is 9.19. The van der Waals surface area contributed by atoms with E-state index in [9.17, 15) is 14.9 Å². The Bertz CT molecular complexity index is 541. The van der Waals surface area contributed by atoms with Gasteiger partial charge in [0.05, 0.1) is 10.3 Å². The SMILES string of the molecule is Cc1cc(C)c(OCC(C)(C)C(=O)NN)c([N+](=O)[O-])c1. The number of amides is 1. The fourth-order valence-electron chi connectivity index (χ4n) is 1.77. The predicted octanol–water partition coefficient (Wildman–Crippen LogP) is 1.61. The van der Waals surface area contributed by atoms with Crippen molar-refractivity contribution >= 4 is 11.6 Å². The van der Waals surface area contributed by atoms with Crippen molar-refractivity contribution in [3.8, 4) is 5.75 Å². The largest absolute Gasteiger partial charge is 0.486 e. The van der Waals surface area contributed by atoms with Gasteiger partial charge in [-0.25, -0.2) is 5.84 Å². The van der Waals surface area contributed by atoms with Crippen molar-refractivity contribution in [2.75, 3.05) is 6.61 Å². The summed E-state index contributed by atoms with van der Waals surface area (Å²) in [5.74, 6) is 4.87. The molecule has 110 valence electrons. The van der Waals surface area contributed by atoms with Crippen LogP contribution in [0.2, 0.25) is 0 Å². The Balaban J connectivity index is 3.04. The quantitative estimate of drug-likeness (QED) is 0.369. The lowest BCUT2D eigenvalue weighted by atomic mass is 9.94. The molecule has 0 heterocycles. The molecular weight excluding hydrogens is 262 g/mol. The number of nitrogens with one attached hydrogen (secondary N) is 1. The Morgan fingerprint density at radius 1 is 1.45 bits per heavy atom. The monoisotopic (exact) mass is 281 g/mol. The molecule has 0 bridgehead atoms. The lowest BCUT2D eigenvalue weighted by molar-refractivity contribution is -0.386. The van der Waals surface area contributed by atoms with Gasteiger partial charge in [-0.3, -0.25) is 20.3 Å². The molecule has 0 unspecified atom stereocenters. The van der Waals surface area contributed by atoms with Crippen molar-refractivity contribution in [2.45, 2.75) is 27.7 Å². The highest BCUT2D eigenvalue weighted by Crippen LogP contribution is 2.33. The van der Waals surface area contributed by atoms with E-state index >= 15 is 0 Å². The summed E-state index contributed by atoms with van der Waals surface area (Å²) in [5.41, 5.74) is 2.49. The molecule has 7 heteroatoms. The van der Waals surface area contributed by atoms with Gasteiger partial charge in [0, 0.05) is 6.07 Å². The number of nitrogens with zero attached hydrogens (tertiary/aromatic N) is 1. The fraction of sp³-hybridized carbons (Fsp3) is 0.462. The van der Waals surface area contributed by atoms with Crippen molar-refractivity contribution in [3.63, 3.8) is 0 Å². The van der Waals surface area contributed by atoms with Gasteiger partial charge in [0.15, 0.2) is 5.75 Å². The minimum atomic E-state index is -0.889. The Labute approximate surface area is 117 Å². The lowest BCUT2D eigenvalue weighted by Gasteiger charge is -2.23. The van der Waals surface area contributed by atoms with Gasteiger partial charge in [0.1, 0.15) is 6.61 Å². The number of nitrogens with two attached hydrogens (primary N) is 1. The third kappa shape index (κ3) is 3.45. The zero-order valence-corrected chi connectivity index (χ0v) is 12.0. The summed E-state index contributed by atoms with van der Waals surface area (Å²) >= 11 is 0. The van der Waals surface area contributed by atoms with Gasteiger partial charge in [-0.1, -0.05) is 6.07 Å². The second kappa shape index (κ2) is 5.87. The van der Waals surface area contributed by atoms with E-state index in [4.69, 9.17) is 10.6 Å². The normalized spacial score (nSPS) is 11.1. The van der Waals surface area contributed by atoms with Crippen LogP contribution in [0.4, 0.5) is 5.69 Å². The zero-order valence-electron chi connectivity index (χ0n) is 12.0. The number of ether oxygens (including phenoxy) is 1. The van der Waals surface area contributed by atoms with Crippen LogP contribution in [-0.4, -0.2) is 17.4 Å². The van der Waals surface area contributed by atoms with Gasteiger partial charge < -0.3 is 4.74 Å². The molecule has 3 N–H and O–H groups in total. The van der Waals surface area contributed by atoms with Crippen molar-refractivity contribution in [1.82, 2.24) is 5.43 Å². The smallest absolute Gasteiger partial charge is 0.311 e. The average Bonchev–Trinajstić information content (AvgIpc) is 2.35. The third-order valence-corrected chi connectivity index (χ3v) is 2.92. The number of hydrazine groups is 1. The maximum absolute atomic E-state index is 11.6. The number of aryl methyl sites for hydroxylation is 2. The van der Waals surface area contributed by atoms with E-state index in [-0.39, 0.29) is 18.0 Å². The Morgan fingerprint density at radius 2 is 2.05 bits per heavy atom. The molecule has 20 heavy (non-hydrogen) atoms. The maximum atomic E-state index is 11.6. The highest BCUT2D eigenvalue weighted by Gasteiger charge is 2.29. The molecule has 1 aromatic rings. The first-order valence-electron chi connectivity index (χ1n) is 6.08. The molecule has 0 spiro atoms. The molecule has 0 saturated heterocycles. The van der Waals surface area contributed by atoms with Crippen LogP contribution in [-0.2, 0) is 4.79 Å². The molecule has 0 aliphatic carbocycles. The van der Waals surface area contributed by atoms with Crippen molar-refractivity contribution in [2.24, 2.45) is 11.3 Å². The summed E-state index contributed by atoms with van der Waals surface area (Å²) in [7, 11) is 0. The topological polar surface area (TPSA) is 107 Å². The molecule has 0 fully saturated rings. The summed E-state index contributed by atoms with van der Waals surface area (Å²) < 4.78 is 5.51. The Kier molecular flexibility index (Phi) is 4.67. The van der Waals surface area contributed by atoms with Crippen LogP contribution in [0, 0.1) is 29.4 Å². The number of rotatable bonds is 5. The average molecular weight is 281 g/mol. The van der Waals surface area contributed by atoms with Crippen LogP contribution in [0.5, 0.6) is 5.75 Å². The minimum absolute atomic E-state index is 0.0131. The molecule has 0 aliphatic heterocycles. The van der Waals surface area contributed by atoms with Gasteiger partial charge >= 0.3 is 5.69 Å². The maximum Gasteiger partial charge on any atom is 0.311 e. The summed E-state index contributed by atoms with van der Waals surface area (Å²) in [6.07, 6.45) is 0. The van der Waals surface area contributed by atoms with Crippen molar-refractivity contribution < 1.29 is 14.5 Å². The molecule has 7 nitrogen and oxygen atoms in total.